The van der Waals surface area contributed by atoms with E-state index in [1.807, 2.05) is 54.6 Å². The summed E-state index contributed by atoms with van der Waals surface area (Å²) >= 11 is 0. The van der Waals surface area contributed by atoms with Crippen LogP contribution < -0.4 is 10.1 Å². The lowest BCUT2D eigenvalue weighted by Gasteiger charge is -2.12. The fourth-order valence-electron chi connectivity index (χ4n) is 3.41. The maximum atomic E-state index is 12.3. The lowest BCUT2D eigenvalue weighted by Crippen LogP contribution is -2.15. The third-order valence-corrected chi connectivity index (χ3v) is 5.14. The summed E-state index contributed by atoms with van der Waals surface area (Å²) < 4.78 is 11.1. The van der Waals surface area contributed by atoms with Crippen LogP contribution in [0.5, 0.6) is 5.75 Å². The second kappa shape index (κ2) is 13.7. The second-order valence-electron chi connectivity index (χ2n) is 7.79. The van der Waals surface area contributed by atoms with Crippen LogP contribution in [0.15, 0.2) is 84.9 Å². The summed E-state index contributed by atoms with van der Waals surface area (Å²) in [5.74, 6) is 0.0302. The molecule has 3 rings (SSSR count). The third-order valence-electron chi connectivity index (χ3n) is 5.14. The van der Waals surface area contributed by atoms with Crippen molar-refractivity contribution in [1.82, 2.24) is 0 Å². The van der Waals surface area contributed by atoms with Crippen LogP contribution in [-0.2, 0) is 27.2 Å². The first-order valence-corrected chi connectivity index (χ1v) is 11.5. The molecule has 1 amide bonds. The van der Waals surface area contributed by atoms with Crippen molar-refractivity contribution < 1.29 is 19.1 Å². The van der Waals surface area contributed by atoms with Gasteiger partial charge in [0.2, 0.25) is 5.91 Å². The summed E-state index contributed by atoms with van der Waals surface area (Å²) in [4.78, 5) is 24.3. The van der Waals surface area contributed by atoms with E-state index in [1.165, 1.54) is 11.1 Å². The molecule has 3 aromatic rings. The van der Waals surface area contributed by atoms with Crippen LogP contribution in [0.3, 0.4) is 0 Å². The smallest absolute Gasteiger partial charge is 0.306 e. The molecule has 0 aliphatic heterocycles. The van der Waals surface area contributed by atoms with Crippen LogP contribution in [0.1, 0.15) is 36.8 Å². The van der Waals surface area contributed by atoms with Crippen LogP contribution in [0, 0.1) is 0 Å². The number of amides is 1. The molecular formula is C28H31NO4. The molecule has 0 aromatic heterocycles. The van der Waals surface area contributed by atoms with Crippen LogP contribution in [0.2, 0.25) is 0 Å². The van der Waals surface area contributed by atoms with Gasteiger partial charge in [-0.1, -0.05) is 72.8 Å². The van der Waals surface area contributed by atoms with Crippen LogP contribution >= 0.6 is 0 Å². The SMILES string of the molecule is O=C(CCC(=O)OCCCc1ccccc1)Nc1ccccc1OCCCc1ccccc1. The minimum atomic E-state index is -0.358. The van der Waals surface area contributed by atoms with Crippen molar-refractivity contribution in [3.8, 4) is 5.75 Å². The highest BCUT2D eigenvalue weighted by Gasteiger charge is 2.11. The van der Waals surface area contributed by atoms with Crippen molar-refractivity contribution in [2.45, 2.75) is 38.5 Å². The maximum absolute atomic E-state index is 12.3. The highest BCUT2D eigenvalue weighted by atomic mass is 16.5. The first-order chi connectivity index (χ1) is 16.2. The molecular weight excluding hydrogens is 414 g/mol. The monoisotopic (exact) mass is 445 g/mol. The Bertz CT molecular complexity index is 989. The topological polar surface area (TPSA) is 64.6 Å². The number of anilines is 1. The summed E-state index contributed by atoms with van der Waals surface area (Å²) in [7, 11) is 0. The normalized spacial score (nSPS) is 10.4. The molecule has 0 spiro atoms. The Morgan fingerprint density at radius 2 is 1.24 bits per heavy atom. The minimum absolute atomic E-state index is 0.0528. The summed E-state index contributed by atoms with van der Waals surface area (Å²) in [5, 5.41) is 2.84. The Hall–Kier alpha value is -3.60. The van der Waals surface area contributed by atoms with Crippen molar-refractivity contribution in [2.24, 2.45) is 0 Å². The van der Waals surface area contributed by atoms with Crippen molar-refractivity contribution >= 4 is 17.6 Å². The number of hydrogen-bond acceptors (Lipinski definition) is 4. The molecule has 5 nitrogen and oxygen atoms in total. The molecule has 0 unspecified atom stereocenters. The fourth-order valence-corrected chi connectivity index (χ4v) is 3.41. The average molecular weight is 446 g/mol. The molecule has 0 atom stereocenters. The molecule has 0 aliphatic carbocycles. The minimum Gasteiger partial charge on any atom is -0.491 e. The van der Waals surface area contributed by atoms with E-state index in [2.05, 4.69) is 29.6 Å². The van der Waals surface area contributed by atoms with E-state index in [4.69, 9.17) is 9.47 Å². The van der Waals surface area contributed by atoms with E-state index in [1.54, 1.807) is 6.07 Å². The number of nitrogens with one attached hydrogen (secondary N) is 1. The van der Waals surface area contributed by atoms with Gasteiger partial charge in [-0.15, -0.1) is 0 Å². The lowest BCUT2D eigenvalue weighted by molar-refractivity contribution is -0.144. The summed E-state index contributed by atoms with van der Waals surface area (Å²) in [6.07, 6.45) is 3.55. The number of para-hydroxylation sites is 2. The molecule has 3 aromatic carbocycles. The standard InChI is InChI=1S/C28H31NO4/c30-27(19-20-28(31)33-22-10-16-24-13-5-2-6-14-24)29-25-17-7-8-18-26(25)32-21-9-15-23-11-3-1-4-12-23/h1-8,11-14,17-18H,9-10,15-16,19-22H2,(H,29,30). The number of aryl methyl sites for hydroxylation is 2. The van der Waals surface area contributed by atoms with Gasteiger partial charge in [0.05, 0.1) is 25.3 Å². The summed E-state index contributed by atoms with van der Waals surface area (Å²) in [6, 6.07) is 27.7. The van der Waals surface area contributed by atoms with Gasteiger partial charge in [0.15, 0.2) is 0 Å². The number of rotatable bonds is 13. The Morgan fingerprint density at radius 1 is 0.667 bits per heavy atom. The number of carbonyl (C=O) groups excluding carboxylic acids is 2. The number of hydrogen-bond donors (Lipinski definition) is 1. The molecule has 0 heterocycles. The van der Waals surface area contributed by atoms with Crippen molar-refractivity contribution in [1.29, 1.82) is 0 Å². The number of esters is 1. The van der Waals surface area contributed by atoms with Gasteiger partial charge in [-0.3, -0.25) is 9.59 Å². The Balaban J connectivity index is 1.33. The Kier molecular flexibility index (Phi) is 10.0. The lowest BCUT2D eigenvalue weighted by atomic mass is 10.1. The first kappa shape index (κ1) is 24.1. The molecule has 1 N–H and O–H groups in total. The molecule has 0 bridgehead atoms. The largest absolute Gasteiger partial charge is 0.491 e. The van der Waals surface area contributed by atoms with Crippen LogP contribution in [0.25, 0.3) is 0 Å². The van der Waals surface area contributed by atoms with E-state index in [-0.39, 0.29) is 24.7 Å². The molecule has 0 fully saturated rings. The van der Waals surface area contributed by atoms with E-state index >= 15 is 0 Å². The van der Waals surface area contributed by atoms with Gasteiger partial charge in [-0.05, 0) is 48.9 Å². The molecule has 0 radical (unpaired) electrons. The molecule has 172 valence electrons. The summed E-state index contributed by atoms with van der Waals surface area (Å²) in [5.41, 5.74) is 3.10. The highest BCUT2D eigenvalue weighted by molar-refractivity contribution is 5.93. The highest BCUT2D eigenvalue weighted by Crippen LogP contribution is 2.24. The fraction of sp³-hybridized carbons (Fsp3) is 0.286. The molecule has 0 saturated heterocycles. The van der Waals surface area contributed by atoms with E-state index in [9.17, 15) is 9.59 Å². The van der Waals surface area contributed by atoms with E-state index in [0.717, 1.165) is 25.7 Å². The van der Waals surface area contributed by atoms with Gasteiger partial charge in [0, 0.05) is 6.42 Å². The van der Waals surface area contributed by atoms with Gasteiger partial charge in [-0.25, -0.2) is 0 Å². The third kappa shape index (κ3) is 9.19. The number of carbonyl (C=O) groups is 2. The van der Waals surface area contributed by atoms with Gasteiger partial charge in [0.25, 0.3) is 0 Å². The Morgan fingerprint density at radius 3 is 1.91 bits per heavy atom. The van der Waals surface area contributed by atoms with Crippen LogP contribution in [-0.4, -0.2) is 25.1 Å². The van der Waals surface area contributed by atoms with Crippen LogP contribution in [0.4, 0.5) is 5.69 Å². The Labute approximate surface area is 195 Å². The van der Waals surface area contributed by atoms with Gasteiger partial charge < -0.3 is 14.8 Å². The quantitative estimate of drug-likeness (QED) is 0.275. The zero-order valence-electron chi connectivity index (χ0n) is 18.9. The van der Waals surface area contributed by atoms with Crippen molar-refractivity contribution in [3.05, 3.63) is 96.1 Å². The summed E-state index contributed by atoms with van der Waals surface area (Å²) in [6.45, 7) is 0.909. The number of ether oxygens (including phenoxy) is 2. The van der Waals surface area contributed by atoms with Gasteiger partial charge >= 0.3 is 5.97 Å². The molecule has 33 heavy (non-hydrogen) atoms. The predicted octanol–water partition coefficient (Wildman–Crippen LogP) is 5.59. The molecule has 0 aliphatic rings. The van der Waals surface area contributed by atoms with Gasteiger partial charge in [-0.2, -0.15) is 0 Å². The average Bonchev–Trinajstić information content (AvgIpc) is 2.85. The van der Waals surface area contributed by atoms with E-state index in [0.29, 0.717) is 24.7 Å². The number of benzene rings is 3. The zero-order chi connectivity index (χ0) is 23.1. The van der Waals surface area contributed by atoms with Crippen molar-refractivity contribution in [3.63, 3.8) is 0 Å². The zero-order valence-corrected chi connectivity index (χ0v) is 18.9. The second-order valence-corrected chi connectivity index (χ2v) is 7.79. The predicted molar refractivity (Wildman–Crippen MR) is 130 cm³/mol. The van der Waals surface area contributed by atoms with E-state index < -0.39 is 0 Å². The van der Waals surface area contributed by atoms with Crippen molar-refractivity contribution in [2.75, 3.05) is 18.5 Å². The molecule has 0 saturated carbocycles. The molecule has 5 heteroatoms. The van der Waals surface area contributed by atoms with Gasteiger partial charge in [0.1, 0.15) is 5.75 Å². The first-order valence-electron chi connectivity index (χ1n) is 11.5. The maximum Gasteiger partial charge on any atom is 0.306 e.